The first-order chi connectivity index (χ1) is 6.31. The van der Waals surface area contributed by atoms with E-state index in [1.165, 1.54) is 0 Å². The molecule has 13 heavy (non-hydrogen) atoms. The van der Waals surface area contributed by atoms with Crippen LogP contribution in [0.15, 0.2) is 0 Å². The molecule has 0 aromatic carbocycles. The minimum absolute atomic E-state index is 0.205. The third kappa shape index (κ3) is 2.91. The first kappa shape index (κ1) is 10.9. The molecule has 1 rings (SSSR count). The summed E-state index contributed by atoms with van der Waals surface area (Å²) in [5.41, 5.74) is 0. The lowest BCUT2D eigenvalue weighted by Crippen LogP contribution is -2.35. The molecule has 4 heteroatoms. The van der Waals surface area contributed by atoms with Crippen molar-refractivity contribution in [3.8, 4) is 0 Å². The average Bonchev–Trinajstić information content (AvgIpc) is 2.50. The monoisotopic (exact) mass is 189 g/mol. The first-order valence-electron chi connectivity index (χ1n) is 4.68. The molecule has 1 aliphatic heterocycles. The number of aliphatic hydroxyl groups excluding tert-OH is 1. The Bertz CT molecular complexity index is 129. The van der Waals surface area contributed by atoms with Crippen LogP contribution in [-0.2, 0) is 9.47 Å². The van der Waals surface area contributed by atoms with Gasteiger partial charge >= 0.3 is 0 Å². The summed E-state index contributed by atoms with van der Waals surface area (Å²) >= 11 is 0. The molecule has 4 nitrogen and oxygen atoms in total. The van der Waals surface area contributed by atoms with Crippen molar-refractivity contribution < 1.29 is 14.6 Å². The second kappa shape index (κ2) is 5.54. The average molecular weight is 189 g/mol. The molecule has 0 aromatic rings. The van der Waals surface area contributed by atoms with Gasteiger partial charge in [-0.25, -0.2) is 0 Å². The summed E-state index contributed by atoms with van der Waals surface area (Å²) in [5.74, 6) is 0. The fourth-order valence-electron chi connectivity index (χ4n) is 1.88. The molecule has 78 valence electrons. The number of rotatable bonds is 5. The summed E-state index contributed by atoms with van der Waals surface area (Å²) in [4.78, 5) is 2.22. The van der Waals surface area contributed by atoms with Gasteiger partial charge in [-0.15, -0.1) is 0 Å². The lowest BCUT2D eigenvalue weighted by molar-refractivity contribution is 0.0979. The minimum atomic E-state index is 0.205. The Labute approximate surface area is 79.4 Å². The second-order valence-corrected chi connectivity index (χ2v) is 3.42. The van der Waals surface area contributed by atoms with Gasteiger partial charge in [-0.3, -0.25) is 4.90 Å². The van der Waals surface area contributed by atoms with Gasteiger partial charge in [0.05, 0.1) is 19.3 Å². The lowest BCUT2D eigenvalue weighted by Gasteiger charge is -2.21. The molecule has 0 spiro atoms. The van der Waals surface area contributed by atoms with E-state index in [4.69, 9.17) is 14.6 Å². The van der Waals surface area contributed by atoms with Gasteiger partial charge in [0.25, 0.3) is 0 Å². The van der Waals surface area contributed by atoms with E-state index < -0.39 is 0 Å². The largest absolute Gasteiger partial charge is 0.395 e. The Balaban J connectivity index is 2.39. The van der Waals surface area contributed by atoms with Gasteiger partial charge in [-0.1, -0.05) is 0 Å². The second-order valence-electron chi connectivity index (χ2n) is 3.42. The molecule has 0 aliphatic carbocycles. The maximum atomic E-state index is 8.85. The molecule has 1 N–H and O–H groups in total. The molecule has 1 heterocycles. The molecule has 1 aliphatic rings. The summed E-state index contributed by atoms with van der Waals surface area (Å²) in [6, 6.07) is 0.405. The molecule has 2 atom stereocenters. The van der Waals surface area contributed by atoms with Crippen LogP contribution in [-0.4, -0.2) is 62.7 Å². The summed E-state index contributed by atoms with van der Waals surface area (Å²) in [6.07, 6.45) is 1.30. The van der Waals surface area contributed by atoms with Gasteiger partial charge in [-0.05, 0) is 6.42 Å². The standard InChI is InChI=1S/C9H19NO3/c1-12-7-8-5-9(13-2)6-10(8)3-4-11/h8-9,11H,3-7H2,1-2H3/t8-,9+/m0/s1. The van der Waals surface area contributed by atoms with E-state index in [2.05, 4.69) is 4.90 Å². The van der Waals surface area contributed by atoms with Crippen LogP contribution in [0.3, 0.4) is 0 Å². The van der Waals surface area contributed by atoms with E-state index in [0.717, 1.165) is 19.6 Å². The normalized spacial score (nSPS) is 29.8. The SMILES string of the molecule is COC[C@@H]1C[C@@H](OC)CN1CCO. The topological polar surface area (TPSA) is 41.9 Å². The highest BCUT2D eigenvalue weighted by Crippen LogP contribution is 2.19. The number of hydrogen-bond acceptors (Lipinski definition) is 4. The van der Waals surface area contributed by atoms with Gasteiger partial charge in [0.15, 0.2) is 0 Å². The third-order valence-corrected chi connectivity index (χ3v) is 2.57. The van der Waals surface area contributed by atoms with Crippen molar-refractivity contribution in [2.24, 2.45) is 0 Å². The maximum Gasteiger partial charge on any atom is 0.0714 e. The molecule has 0 saturated carbocycles. The molecule has 0 radical (unpaired) electrons. The van der Waals surface area contributed by atoms with Gasteiger partial charge in [0.1, 0.15) is 0 Å². The zero-order valence-electron chi connectivity index (χ0n) is 8.40. The molecule has 0 unspecified atom stereocenters. The van der Waals surface area contributed by atoms with Crippen LogP contribution in [0, 0.1) is 0 Å². The smallest absolute Gasteiger partial charge is 0.0714 e. The van der Waals surface area contributed by atoms with Crippen LogP contribution in [0.4, 0.5) is 0 Å². The lowest BCUT2D eigenvalue weighted by atomic mass is 10.2. The first-order valence-corrected chi connectivity index (χ1v) is 4.68. The quantitative estimate of drug-likeness (QED) is 0.645. The van der Waals surface area contributed by atoms with Crippen LogP contribution < -0.4 is 0 Å². The highest BCUT2D eigenvalue weighted by atomic mass is 16.5. The highest BCUT2D eigenvalue weighted by molar-refractivity contribution is 4.85. The Hall–Kier alpha value is -0.160. The van der Waals surface area contributed by atoms with Crippen molar-refractivity contribution in [1.29, 1.82) is 0 Å². The Morgan fingerprint density at radius 1 is 1.46 bits per heavy atom. The third-order valence-electron chi connectivity index (χ3n) is 2.57. The minimum Gasteiger partial charge on any atom is -0.395 e. The van der Waals surface area contributed by atoms with Crippen LogP contribution in [0.25, 0.3) is 0 Å². The number of methoxy groups -OCH3 is 2. The Morgan fingerprint density at radius 3 is 2.77 bits per heavy atom. The predicted octanol–water partition coefficient (Wildman–Crippen LogP) is -0.286. The summed E-state index contributed by atoms with van der Waals surface area (Å²) < 4.78 is 10.4. The van der Waals surface area contributed by atoms with Gasteiger partial charge in [0.2, 0.25) is 0 Å². The van der Waals surface area contributed by atoms with E-state index in [-0.39, 0.29) is 6.61 Å². The molecule has 0 bridgehead atoms. The maximum absolute atomic E-state index is 8.85. The number of hydrogen-bond donors (Lipinski definition) is 1. The van der Waals surface area contributed by atoms with E-state index in [9.17, 15) is 0 Å². The van der Waals surface area contributed by atoms with Crippen molar-refractivity contribution in [1.82, 2.24) is 4.90 Å². The molecular weight excluding hydrogens is 170 g/mol. The summed E-state index contributed by atoms with van der Waals surface area (Å²) in [5, 5.41) is 8.85. The van der Waals surface area contributed by atoms with Crippen molar-refractivity contribution in [2.75, 3.05) is 40.5 Å². The van der Waals surface area contributed by atoms with Crippen molar-refractivity contribution in [3.05, 3.63) is 0 Å². The van der Waals surface area contributed by atoms with Gasteiger partial charge in [0, 0.05) is 33.4 Å². The molecule has 1 fully saturated rings. The molecule has 0 aromatic heterocycles. The number of ether oxygens (including phenoxy) is 2. The van der Waals surface area contributed by atoms with Crippen molar-refractivity contribution in [3.63, 3.8) is 0 Å². The fraction of sp³-hybridized carbons (Fsp3) is 1.00. The van der Waals surface area contributed by atoms with Gasteiger partial charge < -0.3 is 14.6 Å². The zero-order chi connectivity index (χ0) is 9.68. The van der Waals surface area contributed by atoms with Crippen molar-refractivity contribution in [2.45, 2.75) is 18.6 Å². The predicted molar refractivity (Wildman–Crippen MR) is 49.7 cm³/mol. The number of β-amino-alcohol motifs (C(OH)–C–C–N with tert-alkyl or cyclic N) is 1. The Kier molecular flexibility index (Phi) is 4.66. The van der Waals surface area contributed by atoms with E-state index in [1.807, 2.05) is 0 Å². The molecule has 1 saturated heterocycles. The Morgan fingerprint density at radius 2 is 2.23 bits per heavy atom. The highest BCUT2D eigenvalue weighted by Gasteiger charge is 2.31. The van der Waals surface area contributed by atoms with E-state index in [0.29, 0.717) is 18.7 Å². The molecule has 0 amide bonds. The summed E-state index contributed by atoms with van der Waals surface area (Å²) in [6.45, 7) is 2.55. The van der Waals surface area contributed by atoms with Crippen LogP contribution >= 0.6 is 0 Å². The molecular formula is C9H19NO3. The number of aliphatic hydroxyl groups is 1. The summed E-state index contributed by atoms with van der Waals surface area (Å²) in [7, 11) is 3.44. The van der Waals surface area contributed by atoms with Crippen LogP contribution in [0.1, 0.15) is 6.42 Å². The van der Waals surface area contributed by atoms with E-state index >= 15 is 0 Å². The van der Waals surface area contributed by atoms with Crippen molar-refractivity contribution >= 4 is 0 Å². The van der Waals surface area contributed by atoms with E-state index in [1.54, 1.807) is 14.2 Å². The fourth-order valence-corrected chi connectivity index (χ4v) is 1.88. The van der Waals surface area contributed by atoms with Crippen LogP contribution in [0.2, 0.25) is 0 Å². The zero-order valence-corrected chi connectivity index (χ0v) is 8.40. The number of nitrogens with zero attached hydrogens (tertiary/aromatic N) is 1. The van der Waals surface area contributed by atoms with Crippen LogP contribution in [0.5, 0.6) is 0 Å². The van der Waals surface area contributed by atoms with Gasteiger partial charge in [-0.2, -0.15) is 0 Å². The number of likely N-dealkylation sites (tertiary alicyclic amines) is 1.